The molecule has 0 heterocycles. The van der Waals surface area contributed by atoms with Crippen molar-refractivity contribution in [3.63, 3.8) is 0 Å². The quantitative estimate of drug-likeness (QED) is 0.796. The van der Waals surface area contributed by atoms with Crippen molar-refractivity contribution < 1.29 is 4.74 Å². The van der Waals surface area contributed by atoms with Gasteiger partial charge in [0.2, 0.25) is 0 Å². The van der Waals surface area contributed by atoms with Crippen molar-refractivity contribution in [1.82, 2.24) is 4.90 Å². The Labute approximate surface area is 113 Å². The molecule has 0 saturated carbocycles. The molecule has 1 aromatic rings. The van der Waals surface area contributed by atoms with Crippen molar-refractivity contribution in [2.75, 3.05) is 14.1 Å². The van der Waals surface area contributed by atoms with E-state index in [9.17, 15) is 0 Å². The van der Waals surface area contributed by atoms with Gasteiger partial charge in [-0.15, -0.1) is 0 Å². The van der Waals surface area contributed by atoms with Crippen LogP contribution in [0.1, 0.15) is 13.3 Å². The third-order valence-electron chi connectivity index (χ3n) is 2.09. The van der Waals surface area contributed by atoms with E-state index in [1.54, 1.807) is 18.2 Å². The van der Waals surface area contributed by atoms with Crippen LogP contribution in [0.3, 0.4) is 0 Å². The molecular formula is C13H17Cl2NO. The molecule has 1 atom stereocenters. The molecule has 17 heavy (non-hydrogen) atoms. The van der Waals surface area contributed by atoms with Crippen LogP contribution in [0.25, 0.3) is 0 Å². The molecule has 0 N–H and O–H groups in total. The predicted molar refractivity (Wildman–Crippen MR) is 74.0 cm³/mol. The average molecular weight is 274 g/mol. The Morgan fingerprint density at radius 1 is 1.35 bits per heavy atom. The van der Waals surface area contributed by atoms with E-state index in [4.69, 9.17) is 27.9 Å². The van der Waals surface area contributed by atoms with E-state index in [0.717, 1.165) is 6.42 Å². The van der Waals surface area contributed by atoms with E-state index in [-0.39, 0.29) is 6.10 Å². The smallest absolute Gasteiger partial charge is 0.138 e. The first-order valence-corrected chi connectivity index (χ1v) is 6.19. The highest BCUT2D eigenvalue weighted by molar-refractivity contribution is 6.35. The van der Waals surface area contributed by atoms with Gasteiger partial charge < -0.3 is 9.64 Å². The summed E-state index contributed by atoms with van der Waals surface area (Å²) in [6.07, 6.45) is 4.97. The van der Waals surface area contributed by atoms with Gasteiger partial charge in [0.1, 0.15) is 5.75 Å². The van der Waals surface area contributed by atoms with E-state index in [0.29, 0.717) is 15.8 Å². The maximum Gasteiger partial charge on any atom is 0.138 e. The zero-order valence-electron chi connectivity index (χ0n) is 10.3. The number of hydrogen-bond acceptors (Lipinski definition) is 2. The van der Waals surface area contributed by atoms with Gasteiger partial charge in [-0.25, -0.2) is 0 Å². The molecule has 0 radical (unpaired) electrons. The number of nitrogens with zero attached hydrogens (tertiary/aromatic N) is 1. The van der Waals surface area contributed by atoms with Crippen molar-refractivity contribution in [2.24, 2.45) is 0 Å². The van der Waals surface area contributed by atoms with Crippen molar-refractivity contribution in [3.05, 3.63) is 40.5 Å². The first-order chi connectivity index (χ1) is 7.99. The Morgan fingerprint density at radius 3 is 2.65 bits per heavy atom. The highest BCUT2D eigenvalue weighted by atomic mass is 35.5. The van der Waals surface area contributed by atoms with Crippen LogP contribution >= 0.6 is 23.2 Å². The molecule has 0 fully saturated rings. The standard InChI is InChI=1S/C13H17Cl2NO/c1-10(5-4-8-16(2)3)17-13-7-6-11(14)9-12(13)15/h4,6-10H,5H2,1-3H3. The number of ether oxygens (including phenoxy) is 1. The summed E-state index contributed by atoms with van der Waals surface area (Å²) in [6, 6.07) is 5.24. The number of hydrogen-bond donors (Lipinski definition) is 0. The molecule has 0 aliphatic heterocycles. The van der Waals surface area contributed by atoms with Crippen LogP contribution in [-0.2, 0) is 0 Å². The van der Waals surface area contributed by atoms with Crippen molar-refractivity contribution in [2.45, 2.75) is 19.4 Å². The second-order valence-electron chi connectivity index (χ2n) is 4.09. The molecule has 0 saturated heterocycles. The highest BCUT2D eigenvalue weighted by Crippen LogP contribution is 2.28. The van der Waals surface area contributed by atoms with Gasteiger partial charge in [-0.1, -0.05) is 29.3 Å². The summed E-state index contributed by atoms with van der Waals surface area (Å²) >= 11 is 11.8. The predicted octanol–water partition coefficient (Wildman–Crippen LogP) is 4.23. The van der Waals surface area contributed by atoms with Gasteiger partial charge in [-0.05, 0) is 31.3 Å². The van der Waals surface area contributed by atoms with Crippen LogP contribution in [0.4, 0.5) is 0 Å². The summed E-state index contributed by atoms with van der Waals surface area (Å²) in [5.74, 6) is 0.668. The summed E-state index contributed by atoms with van der Waals surface area (Å²) in [4.78, 5) is 1.99. The largest absolute Gasteiger partial charge is 0.489 e. The molecule has 4 heteroatoms. The lowest BCUT2D eigenvalue weighted by Crippen LogP contribution is -2.11. The van der Waals surface area contributed by atoms with E-state index in [1.165, 1.54) is 0 Å². The highest BCUT2D eigenvalue weighted by Gasteiger charge is 2.06. The monoisotopic (exact) mass is 273 g/mol. The van der Waals surface area contributed by atoms with Crippen LogP contribution in [-0.4, -0.2) is 25.1 Å². The molecule has 0 spiro atoms. The fraction of sp³-hybridized carbons (Fsp3) is 0.385. The van der Waals surface area contributed by atoms with E-state index < -0.39 is 0 Å². The fourth-order valence-corrected chi connectivity index (χ4v) is 1.75. The van der Waals surface area contributed by atoms with Crippen molar-refractivity contribution >= 4 is 23.2 Å². The normalized spacial score (nSPS) is 12.8. The van der Waals surface area contributed by atoms with Gasteiger partial charge in [-0.3, -0.25) is 0 Å². The van der Waals surface area contributed by atoms with Gasteiger partial charge in [0.25, 0.3) is 0 Å². The summed E-state index contributed by atoms with van der Waals surface area (Å²) in [7, 11) is 3.97. The first-order valence-electron chi connectivity index (χ1n) is 5.44. The van der Waals surface area contributed by atoms with Crippen LogP contribution in [0.5, 0.6) is 5.75 Å². The summed E-state index contributed by atoms with van der Waals surface area (Å²) in [6.45, 7) is 2.00. The second kappa shape index (κ2) is 6.77. The van der Waals surface area contributed by atoms with E-state index in [1.807, 2.05) is 32.1 Å². The van der Waals surface area contributed by atoms with Crippen LogP contribution in [0.2, 0.25) is 10.0 Å². The maximum absolute atomic E-state index is 6.02. The van der Waals surface area contributed by atoms with Gasteiger partial charge in [-0.2, -0.15) is 0 Å². The lowest BCUT2D eigenvalue weighted by atomic mass is 10.2. The number of benzene rings is 1. The summed E-state index contributed by atoms with van der Waals surface area (Å²) < 4.78 is 5.72. The molecule has 0 bridgehead atoms. The molecule has 0 amide bonds. The lowest BCUT2D eigenvalue weighted by molar-refractivity contribution is 0.225. The molecule has 1 aromatic carbocycles. The number of halogens is 2. The molecule has 1 unspecified atom stereocenters. The third-order valence-corrected chi connectivity index (χ3v) is 2.62. The van der Waals surface area contributed by atoms with Crippen molar-refractivity contribution in [1.29, 1.82) is 0 Å². The van der Waals surface area contributed by atoms with Gasteiger partial charge >= 0.3 is 0 Å². The molecule has 2 nitrogen and oxygen atoms in total. The Bertz CT molecular complexity index is 391. The van der Waals surface area contributed by atoms with E-state index in [2.05, 4.69) is 6.08 Å². The van der Waals surface area contributed by atoms with Gasteiger partial charge in [0.05, 0.1) is 11.1 Å². The second-order valence-corrected chi connectivity index (χ2v) is 4.93. The molecule has 94 valence electrons. The summed E-state index contributed by atoms with van der Waals surface area (Å²) in [5.41, 5.74) is 0. The third kappa shape index (κ3) is 5.33. The molecule has 0 aliphatic rings. The zero-order chi connectivity index (χ0) is 12.8. The minimum absolute atomic E-state index is 0.0740. The molecular weight excluding hydrogens is 257 g/mol. The zero-order valence-corrected chi connectivity index (χ0v) is 11.8. The Kier molecular flexibility index (Phi) is 5.66. The van der Waals surface area contributed by atoms with Crippen LogP contribution < -0.4 is 4.74 Å². The Hall–Kier alpha value is -0.860. The van der Waals surface area contributed by atoms with E-state index >= 15 is 0 Å². The van der Waals surface area contributed by atoms with Crippen molar-refractivity contribution in [3.8, 4) is 5.75 Å². The molecule has 0 aromatic heterocycles. The first kappa shape index (κ1) is 14.2. The van der Waals surface area contributed by atoms with Crippen LogP contribution in [0.15, 0.2) is 30.5 Å². The number of rotatable bonds is 5. The fourth-order valence-electron chi connectivity index (χ4n) is 1.30. The topological polar surface area (TPSA) is 12.5 Å². The van der Waals surface area contributed by atoms with Gasteiger partial charge in [0.15, 0.2) is 0 Å². The Morgan fingerprint density at radius 2 is 2.06 bits per heavy atom. The Balaban J connectivity index is 2.53. The molecule has 0 aliphatic carbocycles. The molecule has 1 rings (SSSR count). The summed E-state index contributed by atoms with van der Waals surface area (Å²) in [5, 5.41) is 1.16. The SMILES string of the molecule is CC(CC=CN(C)C)Oc1ccc(Cl)cc1Cl. The van der Waals surface area contributed by atoms with Gasteiger partial charge in [0, 0.05) is 25.5 Å². The van der Waals surface area contributed by atoms with Crippen LogP contribution in [0, 0.1) is 0 Å². The minimum atomic E-state index is 0.0740. The minimum Gasteiger partial charge on any atom is -0.489 e. The average Bonchev–Trinajstić information content (AvgIpc) is 2.21. The lowest BCUT2D eigenvalue weighted by Gasteiger charge is -2.14. The maximum atomic E-state index is 6.02.